The van der Waals surface area contributed by atoms with Gasteiger partial charge < -0.3 is 9.88 Å². The molecule has 128 valence electrons. The first-order valence-corrected chi connectivity index (χ1v) is 9.39. The summed E-state index contributed by atoms with van der Waals surface area (Å²) in [6.45, 7) is 0.656. The number of rotatable bonds is 2. The first-order valence-electron chi connectivity index (χ1n) is 8.51. The highest BCUT2D eigenvalue weighted by molar-refractivity contribution is 7.11. The minimum Gasteiger partial charge on any atom is -0.348 e. The highest BCUT2D eigenvalue weighted by Gasteiger charge is 2.35. The Labute approximate surface area is 154 Å². The van der Waals surface area contributed by atoms with Gasteiger partial charge in [-0.1, -0.05) is 36.4 Å². The molecule has 6 heteroatoms. The second-order valence-electron chi connectivity index (χ2n) is 6.39. The molecule has 4 aromatic rings. The van der Waals surface area contributed by atoms with Crippen LogP contribution in [0.2, 0.25) is 0 Å². The summed E-state index contributed by atoms with van der Waals surface area (Å²) < 4.78 is 0. The van der Waals surface area contributed by atoms with Gasteiger partial charge in [0.2, 0.25) is 0 Å². The van der Waals surface area contributed by atoms with Crippen molar-refractivity contribution in [2.45, 2.75) is 12.5 Å². The molecule has 1 atom stereocenters. The third kappa shape index (κ3) is 2.42. The molecule has 26 heavy (non-hydrogen) atoms. The molecule has 0 radical (unpaired) electrons. The standard InChI is InChI=1S/C20H16N4OS/c25-20(17-10-21-12-26-17)24-8-7-16-18(23-11-22-16)19(24)15-6-5-13-3-1-2-4-14(13)9-15/h1-6,9-12,19H,7-8H2,(H,22,23)/t19-/m1/s1. The summed E-state index contributed by atoms with van der Waals surface area (Å²) in [7, 11) is 0. The van der Waals surface area contributed by atoms with E-state index in [1.807, 2.05) is 17.0 Å². The van der Waals surface area contributed by atoms with Crippen molar-refractivity contribution in [2.75, 3.05) is 6.54 Å². The van der Waals surface area contributed by atoms with E-state index in [2.05, 4.69) is 45.3 Å². The maximum absolute atomic E-state index is 13.1. The number of carbonyl (C=O) groups excluding carboxylic acids is 1. The van der Waals surface area contributed by atoms with Crippen molar-refractivity contribution in [1.82, 2.24) is 19.9 Å². The van der Waals surface area contributed by atoms with E-state index in [1.54, 1.807) is 18.0 Å². The number of hydrogen-bond donors (Lipinski definition) is 1. The smallest absolute Gasteiger partial charge is 0.266 e. The summed E-state index contributed by atoms with van der Waals surface area (Å²) in [6.07, 6.45) is 4.15. The van der Waals surface area contributed by atoms with E-state index in [0.717, 1.165) is 28.8 Å². The maximum Gasteiger partial charge on any atom is 0.266 e. The van der Waals surface area contributed by atoms with Crippen LogP contribution in [0.15, 0.2) is 60.5 Å². The quantitative estimate of drug-likeness (QED) is 0.591. The Bertz CT molecular complexity index is 1090. The lowest BCUT2D eigenvalue weighted by Gasteiger charge is -2.35. The van der Waals surface area contributed by atoms with Crippen molar-refractivity contribution in [3.8, 4) is 0 Å². The molecule has 0 saturated heterocycles. The van der Waals surface area contributed by atoms with Gasteiger partial charge in [-0.3, -0.25) is 9.78 Å². The van der Waals surface area contributed by atoms with Gasteiger partial charge in [-0.2, -0.15) is 0 Å². The Hall–Kier alpha value is -2.99. The van der Waals surface area contributed by atoms with Gasteiger partial charge in [-0.15, -0.1) is 11.3 Å². The van der Waals surface area contributed by atoms with Crippen LogP contribution < -0.4 is 0 Å². The first kappa shape index (κ1) is 15.3. The van der Waals surface area contributed by atoms with Crippen molar-refractivity contribution in [3.63, 3.8) is 0 Å². The number of H-pyrrole nitrogens is 1. The van der Waals surface area contributed by atoms with Gasteiger partial charge in [0.1, 0.15) is 10.9 Å². The molecule has 3 heterocycles. The molecule has 5 rings (SSSR count). The average molecular weight is 360 g/mol. The molecule has 1 N–H and O–H groups in total. The lowest BCUT2D eigenvalue weighted by Crippen LogP contribution is -2.40. The maximum atomic E-state index is 13.1. The number of benzene rings is 2. The monoisotopic (exact) mass is 360 g/mol. The van der Waals surface area contributed by atoms with Crippen molar-refractivity contribution < 1.29 is 4.79 Å². The zero-order chi connectivity index (χ0) is 17.5. The van der Waals surface area contributed by atoms with Crippen LogP contribution in [0.25, 0.3) is 10.8 Å². The minimum atomic E-state index is -0.191. The van der Waals surface area contributed by atoms with Gasteiger partial charge in [-0.25, -0.2) is 4.98 Å². The summed E-state index contributed by atoms with van der Waals surface area (Å²) in [5.41, 5.74) is 4.82. The highest BCUT2D eigenvalue weighted by Crippen LogP contribution is 2.35. The van der Waals surface area contributed by atoms with Crippen LogP contribution >= 0.6 is 11.3 Å². The highest BCUT2D eigenvalue weighted by atomic mass is 32.1. The lowest BCUT2D eigenvalue weighted by atomic mass is 9.93. The first-order chi connectivity index (χ1) is 12.8. The number of aromatic amines is 1. The number of nitrogens with zero attached hydrogens (tertiary/aromatic N) is 3. The molecule has 0 aliphatic carbocycles. The number of amides is 1. The van der Waals surface area contributed by atoms with Crippen LogP contribution in [-0.4, -0.2) is 32.3 Å². The fourth-order valence-electron chi connectivity index (χ4n) is 3.67. The molecular weight excluding hydrogens is 344 g/mol. The molecule has 2 aromatic heterocycles. The van der Waals surface area contributed by atoms with Crippen molar-refractivity contribution in [3.05, 3.63) is 82.3 Å². The van der Waals surface area contributed by atoms with E-state index in [-0.39, 0.29) is 11.9 Å². The van der Waals surface area contributed by atoms with Gasteiger partial charge in [0.05, 0.1) is 23.7 Å². The fraction of sp³-hybridized carbons (Fsp3) is 0.150. The number of carbonyl (C=O) groups is 1. The van der Waals surface area contributed by atoms with Gasteiger partial charge in [0.25, 0.3) is 5.91 Å². The Balaban J connectivity index is 1.64. The Morgan fingerprint density at radius 1 is 1.19 bits per heavy atom. The van der Waals surface area contributed by atoms with Crippen LogP contribution in [0.3, 0.4) is 0 Å². The van der Waals surface area contributed by atoms with Crippen LogP contribution in [-0.2, 0) is 6.42 Å². The van der Waals surface area contributed by atoms with Crippen LogP contribution in [0.4, 0.5) is 0 Å². The SMILES string of the molecule is O=C(c1cncs1)N1CCc2[nH]cnc2[C@H]1c1ccc2ccccc2c1. The summed E-state index contributed by atoms with van der Waals surface area (Å²) in [5, 5.41) is 2.35. The van der Waals surface area contributed by atoms with Gasteiger partial charge in [0, 0.05) is 18.7 Å². The molecule has 0 saturated carbocycles. The van der Waals surface area contributed by atoms with E-state index < -0.39 is 0 Å². The number of thiazole rings is 1. The lowest BCUT2D eigenvalue weighted by molar-refractivity contribution is 0.0695. The molecule has 1 aliphatic heterocycles. The zero-order valence-corrected chi connectivity index (χ0v) is 14.7. The largest absolute Gasteiger partial charge is 0.348 e. The topological polar surface area (TPSA) is 61.9 Å². The molecule has 0 bridgehead atoms. The van der Waals surface area contributed by atoms with E-state index in [0.29, 0.717) is 11.4 Å². The third-order valence-electron chi connectivity index (χ3n) is 4.92. The zero-order valence-electron chi connectivity index (χ0n) is 13.9. The normalized spacial score (nSPS) is 16.6. The van der Waals surface area contributed by atoms with Crippen molar-refractivity contribution in [2.24, 2.45) is 0 Å². The summed E-state index contributed by atoms with van der Waals surface area (Å²) in [6, 6.07) is 14.5. The van der Waals surface area contributed by atoms with Gasteiger partial charge >= 0.3 is 0 Å². The number of nitrogens with one attached hydrogen (secondary N) is 1. The van der Waals surface area contributed by atoms with E-state index in [1.165, 1.54) is 16.7 Å². The number of hydrogen-bond acceptors (Lipinski definition) is 4. The molecule has 0 unspecified atom stereocenters. The molecule has 1 amide bonds. The average Bonchev–Trinajstić information content (AvgIpc) is 3.38. The Kier molecular flexibility index (Phi) is 3.57. The van der Waals surface area contributed by atoms with Crippen molar-refractivity contribution >= 4 is 28.0 Å². The Morgan fingerprint density at radius 2 is 2.08 bits per heavy atom. The van der Waals surface area contributed by atoms with Gasteiger partial charge in [0.15, 0.2) is 0 Å². The molecule has 0 spiro atoms. The van der Waals surface area contributed by atoms with Crippen molar-refractivity contribution in [1.29, 1.82) is 0 Å². The Morgan fingerprint density at radius 3 is 2.92 bits per heavy atom. The van der Waals surface area contributed by atoms with Gasteiger partial charge in [-0.05, 0) is 22.4 Å². The second kappa shape index (κ2) is 6.07. The fourth-order valence-corrected chi connectivity index (χ4v) is 4.25. The van der Waals surface area contributed by atoms with E-state index in [4.69, 9.17) is 0 Å². The third-order valence-corrected chi connectivity index (χ3v) is 5.68. The molecule has 2 aromatic carbocycles. The predicted molar refractivity (Wildman–Crippen MR) is 101 cm³/mol. The molecule has 0 fully saturated rings. The summed E-state index contributed by atoms with van der Waals surface area (Å²) in [5.74, 6) is 0.0132. The van der Waals surface area contributed by atoms with E-state index >= 15 is 0 Å². The van der Waals surface area contributed by atoms with E-state index in [9.17, 15) is 4.79 Å². The summed E-state index contributed by atoms with van der Waals surface area (Å²) in [4.78, 5) is 27.5. The predicted octanol–water partition coefficient (Wildman–Crippen LogP) is 3.81. The number of aromatic nitrogens is 3. The number of fused-ring (bicyclic) bond motifs is 2. The van der Waals surface area contributed by atoms with Crippen LogP contribution in [0.5, 0.6) is 0 Å². The second-order valence-corrected chi connectivity index (χ2v) is 7.28. The molecule has 1 aliphatic rings. The van der Waals surface area contributed by atoms with Crippen LogP contribution in [0, 0.1) is 0 Å². The minimum absolute atomic E-state index is 0.0132. The van der Waals surface area contributed by atoms with Crippen LogP contribution in [0.1, 0.15) is 32.7 Å². The number of imidazole rings is 1. The molecule has 5 nitrogen and oxygen atoms in total. The summed E-state index contributed by atoms with van der Waals surface area (Å²) >= 11 is 1.38. The molecular formula is C20H16N4OS.